The second-order valence-corrected chi connectivity index (χ2v) is 5.85. The number of hydrogen-bond acceptors (Lipinski definition) is 8. The van der Waals surface area contributed by atoms with E-state index in [1.54, 1.807) is 18.2 Å². The molecular formula is C17H16N6O4. The van der Waals surface area contributed by atoms with Crippen molar-refractivity contribution in [2.45, 2.75) is 0 Å². The minimum atomic E-state index is -0.369. The number of rotatable bonds is 5. The van der Waals surface area contributed by atoms with Crippen LogP contribution < -0.4 is 4.90 Å². The largest absolute Gasteiger partial charge is 0.455 e. The first-order valence-corrected chi connectivity index (χ1v) is 8.31. The van der Waals surface area contributed by atoms with Crippen molar-refractivity contribution in [3.8, 4) is 11.3 Å². The molecule has 0 atom stereocenters. The number of hydrogen-bond donors (Lipinski definition) is 0. The summed E-state index contributed by atoms with van der Waals surface area (Å²) in [5, 5.41) is 23.0. The van der Waals surface area contributed by atoms with Gasteiger partial charge in [0.2, 0.25) is 0 Å². The van der Waals surface area contributed by atoms with Gasteiger partial charge >= 0.3 is 0 Å². The molecule has 1 saturated heterocycles. The summed E-state index contributed by atoms with van der Waals surface area (Å²) >= 11 is 0. The maximum absolute atomic E-state index is 11.6. The lowest BCUT2D eigenvalue weighted by molar-refractivity contribution is -0.384. The summed E-state index contributed by atoms with van der Waals surface area (Å²) in [4.78, 5) is 13.2. The van der Waals surface area contributed by atoms with Crippen molar-refractivity contribution < 1.29 is 14.1 Å². The molecule has 0 amide bonds. The lowest BCUT2D eigenvalue weighted by atomic mass is 10.1. The molecule has 1 aliphatic heterocycles. The molecule has 0 spiro atoms. The molecule has 0 radical (unpaired) electrons. The van der Waals surface area contributed by atoms with E-state index in [0.717, 1.165) is 0 Å². The minimum absolute atomic E-state index is 0.0468. The molecule has 0 unspecified atom stereocenters. The average Bonchev–Trinajstić information content (AvgIpc) is 3.38. The van der Waals surface area contributed by atoms with Crippen LogP contribution in [0.4, 0.5) is 11.4 Å². The van der Waals surface area contributed by atoms with Crippen LogP contribution in [-0.2, 0) is 4.74 Å². The van der Waals surface area contributed by atoms with E-state index >= 15 is 0 Å². The Bertz CT molecular complexity index is 960. The number of nitro benzene ring substituents is 1. The molecule has 10 heteroatoms. The van der Waals surface area contributed by atoms with E-state index in [-0.39, 0.29) is 10.6 Å². The van der Waals surface area contributed by atoms with Crippen LogP contribution in [0.2, 0.25) is 0 Å². The van der Waals surface area contributed by atoms with Crippen LogP contribution in [0.5, 0.6) is 0 Å². The van der Waals surface area contributed by atoms with Gasteiger partial charge in [0.15, 0.2) is 0 Å². The highest BCUT2D eigenvalue weighted by Crippen LogP contribution is 2.34. The molecule has 10 nitrogen and oxygen atoms in total. The van der Waals surface area contributed by atoms with Crippen molar-refractivity contribution in [1.29, 1.82) is 0 Å². The van der Waals surface area contributed by atoms with Crippen LogP contribution >= 0.6 is 0 Å². The van der Waals surface area contributed by atoms with Crippen LogP contribution in [-0.4, -0.2) is 52.3 Å². The normalized spacial score (nSPS) is 14.7. The maximum atomic E-state index is 11.6. The SMILES string of the molecule is O=[N+]([O-])c1cc(-c2ccc(C=Nn3cnnc3)o2)ccc1N1CCOCC1. The van der Waals surface area contributed by atoms with E-state index in [4.69, 9.17) is 9.15 Å². The predicted molar refractivity (Wildman–Crippen MR) is 96.8 cm³/mol. The summed E-state index contributed by atoms with van der Waals surface area (Å²) < 4.78 is 12.5. The summed E-state index contributed by atoms with van der Waals surface area (Å²) in [7, 11) is 0. The zero-order chi connectivity index (χ0) is 18.6. The van der Waals surface area contributed by atoms with Crippen molar-refractivity contribution in [3.05, 3.63) is 58.9 Å². The highest BCUT2D eigenvalue weighted by Gasteiger charge is 2.22. The Hall–Kier alpha value is -3.53. The molecule has 27 heavy (non-hydrogen) atoms. The summed E-state index contributed by atoms with van der Waals surface area (Å²) in [6, 6.07) is 8.60. The van der Waals surface area contributed by atoms with Crippen LogP contribution in [0.25, 0.3) is 11.3 Å². The van der Waals surface area contributed by atoms with E-state index in [1.807, 2.05) is 11.0 Å². The Morgan fingerprint density at radius 1 is 1.15 bits per heavy atom. The molecule has 1 fully saturated rings. The second-order valence-electron chi connectivity index (χ2n) is 5.85. The fraction of sp³-hybridized carbons (Fsp3) is 0.235. The zero-order valence-corrected chi connectivity index (χ0v) is 14.3. The molecule has 2 aromatic heterocycles. The van der Waals surface area contributed by atoms with Gasteiger partial charge in [0.25, 0.3) is 5.69 Å². The number of aromatic nitrogens is 3. The Morgan fingerprint density at radius 2 is 1.93 bits per heavy atom. The molecular weight excluding hydrogens is 352 g/mol. The standard InChI is InChI=1S/C17H16N6O4/c24-23(25)16-9-13(1-3-15(16)21-5-7-26-8-6-21)17-4-2-14(27-17)10-20-22-11-18-19-12-22/h1-4,9-12H,5-8H2. The van der Waals surface area contributed by atoms with Gasteiger partial charge in [-0.1, -0.05) is 0 Å². The Kier molecular flexibility index (Phi) is 4.62. The van der Waals surface area contributed by atoms with Crippen molar-refractivity contribution in [2.75, 3.05) is 31.2 Å². The Morgan fingerprint density at radius 3 is 2.67 bits per heavy atom. The smallest absolute Gasteiger partial charge is 0.293 e. The van der Waals surface area contributed by atoms with Crippen molar-refractivity contribution in [3.63, 3.8) is 0 Å². The quantitative estimate of drug-likeness (QED) is 0.385. The molecule has 4 rings (SSSR count). The van der Waals surface area contributed by atoms with E-state index in [9.17, 15) is 10.1 Å². The highest BCUT2D eigenvalue weighted by atomic mass is 16.6. The van der Waals surface area contributed by atoms with E-state index in [2.05, 4.69) is 15.3 Å². The summed E-state index contributed by atoms with van der Waals surface area (Å²) in [6.07, 6.45) is 4.42. The summed E-state index contributed by atoms with van der Waals surface area (Å²) in [5.74, 6) is 1.04. The predicted octanol–water partition coefficient (Wildman–Crippen LogP) is 2.17. The van der Waals surface area contributed by atoms with Gasteiger partial charge in [0.1, 0.15) is 29.9 Å². The molecule has 0 N–H and O–H groups in total. The second kappa shape index (κ2) is 7.38. The highest BCUT2D eigenvalue weighted by molar-refractivity contribution is 5.78. The number of nitrogens with zero attached hydrogens (tertiary/aromatic N) is 6. The van der Waals surface area contributed by atoms with Gasteiger partial charge in [-0.2, -0.15) is 5.10 Å². The van der Waals surface area contributed by atoms with E-state index in [1.165, 1.54) is 29.6 Å². The third-order valence-corrected chi connectivity index (χ3v) is 4.16. The third-order valence-electron chi connectivity index (χ3n) is 4.16. The van der Waals surface area contributed by atoms with E-state index in [0.29, 0.717) is 49.1 Å². The molecule has 3 aromatic rings. The zero-order valence-electron chi connectivity index (χ0n) is 14.3. The van der Waals surface area contributed by atoms with Gasteiger partial charge in [0.05, 0.1) is 24.4 Å². The van der Waals surface area contributed by atoms with Crippen LogP contribution in [0.15, 0.2) is 52.5 Å². The molecule has 0 saturated carbocycles. The van der Waals surface area contributed by atoms with Crippen LogP contribution in [0, 0.1) is 10.1 Å². The number of nitro groups is 1. The van der Waals surface area contributed by atoms with Crippen molar-refractivity contribution >= 4 is 17.6 Å². The summed E-state index contributed by atoms with van der Waals surface area (Å²) in [6.45, 7) is 2.38. The van der Waals surface area contributed by atoms with Gasteiger partial charge in [-0.25, -0.2) is 4.68 Å². The first-order chi connectivity index (χ1) is 13.2. The van der Waals surface area contributed by atoms with Gasteiger partial charge in [-0.15, -0.1) is 10.2 Å². The number of benzene rings is 1. The monoisotopic (exact) mass is 368 g/mol. The Labute approximate surface area is 153 Å². The molecule has 1 aliphatic rings. The average molecular weight is 368 g/mol. The maximum Gasteiger partial charge on any atom is 0.293 e. The number of anilines is 1. The molecule has 3 heterocycles. The first kappa shape index (κ1) is 16.9. The topological polar surface area (TPSA) is 112 Å². The van der Waals surface area contributed by atoms with Crippen LogP contribution in [0.3, 0.4) is 0 Å². The van der Waals surface area contributed by atoms with Crippen molar-refractivity contribution in [1.82, 2.24) is 14.9 Å². The summed E-state index contributed by atoms with van der Waals surface area (Å²) in [5.41, 5.74) is 1.26. The fourth-order valence-electron chi connectivity index (χ4n) is 2.85. The number of furan rings is 1. The van der Waals surface area contributed by atoms with Gasteiger partial charge in [-0.3, -0.25) is 10.1 Å². The van der Waals surface area contributed by atoms with E-state index < -0.39 is 0 Å². The van der Waals surface area contributed by atoms with Crippen molar-refractivity contribution in [2.24, 2.45) is 5.10 Å². The number of morpholine rings is 1. The molecule has 138 valence electrons. The minimum Gasteiger partial charge on any atom is -0.455 e. The Balaban J connectivity index is 1.60. The van der Waals surface area contributed by atoms with Gasteiger partial charge in [0, 0.05) is 24.7 Å². The van der Waals surface area contributed by atoms with Gasteiger partial charge < -0.3 is 14.1 Å². The lowest BCUT2D eigenvalue weighted by Crippen LogP contribution is -2.36. The fourth-order valence-corrected chi connectivity index (χ4v) is 2.85. The third kappa shape index (κ3) is 3.70. The van der Waals surface area contributed by atoms with Gasteiger partial charge in [-0.05, 0) is 24.3 Å². The van der Waals surface area contributed by atoms with Crippen LogP contribution in [0.1, 0.15) is 5.76 Å². The lowest BCUT2D eigenvalue weighted by Gasteiger charge is -2.28. The molecule has 0 aliphatic carbocycles. The first-order valence-electron chi connectivity index (χ1n) is 8.31. The number of ether oxygens (including phenoxy) is 1. The molecule has 0 bridgehead atoms. The molecule has 1 aromatic carbocycles.